The van der Waals surface area contributed by atoms with Gasteiger partial charge in [0.15, 0.2) is 9.84 Å². The van der Waals surface area contributed by atoms with E-state index < -0.39 is 9.84 Å². The van der Waals surface area contributed by atoms with Gasteiger partial charge in [-0.05, 0) is 47.7 Å². The number of hydrogen-bond acceptors (Lipinski definition) is 5. The van der Waals surface area contributed by atoms with Crippen molar-refractivity contribution in [3.05, 3.63) is 65.4 Å². The van der Waals surface area contributed by atoms with Crippen LogP contribution in [0.2, 0.25) is 0 Å². The molecule has 6 nitrogen and oxygen atoms in total. The van der Waals surface area contributed by atoms with Crippen LogP contribution in [-0.4, -0.2) is 43.9 Å². The Balaban J connectivity index is 1.61. The molecule has 1 aliphatic heterocycles. The Morgan fingerprint density at radius 3 is 2.56 bits per heavy atom. The molecule has 1 aliphatic rings. The summed E-state index contributed by atoms with van der Waals surface area (Å²) >= 11 is 0. The highest BCUT2D eigenvalue weighted by atomic mass is 32.2. The van der Waals surface area contributed by atoms with E-state index in [1.165, 1.54) is 5.56 Å². The third kappa shape index (κ3) is 4.83. The van der Waals surface area contributed by atoms with Gasteiger partial charge in [-0.1, -0.05) is 32.0 Å². The minimum absolute atomic E-state index is 0.0124. The maximum absolute atomic E-state index is 13.5. The van der Waals surface area contributed by atoms with Gasteiger partial charge in [-0.3, -0.25) is 4.79 Å². The SMILES string of the molecule is COc1ccc(CN(C(=O)Cc2coc3ccc(C(C)C)cc23)C2CCS(=O)(=O)C2)cc1. The minimum atomic E-state index is -3.12. The highest BCUT2D eigenvalue weighted by Crippen LogP contribution is 2.28. The maximum Gasteiger partial charge on any atom is 0.227 e. The Morgan fingerprint density at radius 2 is 1.94 bits per heavy atom. The van der Waals surface area contributed by atoms with Crippen molar-refractivity contribution in [3.63, 3.8) is 0 Å². The summed E-state index contributed by atoms with van der Waals surface area (Å²) in [4.78, 5) is 15.2. The first-order valence-corrected chi connectivity index (χ1v) is 12.7. The van der Waals surface area contributed by atoms with Gasteiger partial charge in [0, 0.05) is 23.5 Å². The molecule has 3 aromatic rings. The molecule has 2 aromatic carbocycles. The predicted molar refractivity (Wildman–Crippen MR) is 125 cm³/mol. The molecule has 4 rings (SSSR count). The van der Waals surface area contributed by atoms with Crippen molar-refractivity contribution in [2.75, 3.05) is 18.6 Å². The smallest absolute Gasteiger partial charge is 0.227 e. The van der Waals surface area contributed by atoms with E-state index in [9.17, 15) is 13.2 Å². The van der Waals surface area contributed by atoms with E-state index in [4.69, 9.17) is 9.15 Å². The molecule has 170 valence electrons. The first kappa shape index (κ1) is 22.4. The van der Waals surface area contributed by atoms with E-state index in [0.29, 0.717) is 18.9 Å². The van der Waals surface area contributed by atoms with Crippen LogP contribution in [0.25, 0.3) is 11.0 Å². The Labute approximate surface area is 189 Å². The number of hydrogen-bond donors (Lipinski definition) is 0. The molecular formula is C25H29NO5S. The average Bonchev–Trinajstić information content (AvgIpc) is 3.34. The van der Waals surface area contributed by atoms with E-state index in [0.717, 1.165) is 27.8 Å². The van der Waals surface area contributed by atoms with Crippen molar-refractivity contribution in [3.8, 4) is 5.75 Å². The summed E-state index contributed by atoms with van der Waals surface area (Å²) in [5, 5.41) is 0.938. The predicted octanol–water partition coefficient (Wildman–Crippen LogP) is 4.32. The highest BCUT2D eigenvalue weighted by molar-refractivity contribution is 7.91. The lowest BCUT2D eigenvalue weighted by molar-refractivity contribution is -0.133. The molecular weight excluding hydrogens is 426 g/mol. The number of methoxy groups -OCH3 is 1. The number of carbonyl (C=O) groups excluding carboxylic acids is 1. The van der Waals surface area contributed by atoms with Gasteiger partial charge in [0.1, 0.15) is 11.3 Å². The van der Waals surface area contributed by atoms with E-state index in [-0.39, 0.29) is 29.9 Å². The van der Waals surface area contributed by atoms with Gasteiger partial charge < -0.3 is 14.1 Å². The number of ether oxygens (including phenoxy) is 1. The van der Waals surface area contributed by atoms with E-state index in [1.807, 2.05) is 36.4 Å². The third-order valence-corrected chi connectivity index (χ3v) is 7.92. The molecule has 0 aliphatic carbocycles. The summed E-state index contributed by atoms with van der Waals surface area (Å²) in [6.07, 6.45) is 2.28. The zero-order valence-corrected chi connectivity index (χ0v) is 19.5. The quantitative estimate of drug-likeness (QED) is 0.530. The molecule has 2 heterocycles. The number of carbonyl (C=O) groups is 1. The summed E-state index contributed by atoms with van der Waals surface area (Å²) in [7, 11) is -1.52. The van der Waals surface area contributed by atoms with E-state index in [2.05, 4.69) is 19.9 Å². The molecule has 0 N–H and O–H groups in total. The van der Waals surface area contributed by atoms with Gasteiger partial charge in [0.25, 0.3) is 0 Å². The number of fused-ring (bicyclic) bond motifs is 1. The molecule has 1 unspecified atom stereocenters. The van der Waals surface area contributed by atoms with Crippen LogP contribution in [0.3, 0.4) is 0 Å². The zero-order chi connectivity index (χ0) is 22.9. The summed E-state index contributed by atoms with van der Waals surface area (Å²) in [5.74, 6) is 1.14. The fourth-order valence-electron chi connectivity index (χ4n) is 4.23. The molecule has 0 spiro atoms. The normalized spacial score (nSPS) is 17.7. The number of benzene rings is 2. The minimum Gasteiger partial charge on any atom is -0.497 e. The van der Waals surface area contributed by atoms with Gasteiger partial charge in [-0.2, -0.15) is 0 Å². The first-order chi connectivity index (χ1) is 15.3. The fraction of sp³-hybridized carbons (Fsp3) is 0.400. The molecule has 1 saturated heterocycles. The summed E-state index contributed by atoms with van der Waals surface area (Å²) in [5.41, 5.74) is 3.70. The van der Waals surface area contributed by atoms with Gasteiger partial charge in [0.2, 0.25) is 5.91 Å². The number of amides is 1. The summed E-state index contributed by atoms with van der Waals surface area (Å²) < 4.78 is 35.2. The molecule has 1 fully saturated rings. The average molecular weight is 456 g/mol. The zero-order valence-electron chi connectivity index (χ0n) is 18.7. The molecule has 0 radical (unpaired) electrons. The third-order valence-electron chi connectivity index (χ3n) is 6.17. The number of sulfone groups is 1. The Morgan fingerprint density at radius 1 is 1.19 bits per heavy atom. The fourth-order valence-corrected chi connectivity index (χ4v) is 5.96. The van der Waals surface area contributed by atoms with Crippen molar-refractivity contribution in [2.45, 2.75) is 45.2 Å². The Bertz CT molecular complexity index is 1210. The lowest BCUT2D eigenvalue weighted by Gasteiger charge is -2.28. The van der Waals surface area contributed by atoms with Crippen LogP contribution in [0, 0.1) is 0 Å². The second-order valence-electron chi connectivity index (χ2n) is 8.77. The van der Waals surface area contributed by atoms with Crippen molar-refractivity contribution in [2.24, 2.45) is 0 Å². The van der Waals surface area contributed by atoms with Crippen molar-refractivity contribution in [1.82, 2.24) is 4.90 Å². The number of rotatable bonds is 7. The largest absolute Gasteiger partial charge is 0.497 e. The molecule has 1 aromatic heterocycles. The molecule has 32 heavy (non-hydrogen) atoms. The number of furan rings is 1. The molecule has 1 amide bonds. The molecule has 7 heteroatoms. The van der Waals surface area contributed by atoms with Crippen LogP contribution >= 0.6 is 0 Å². The van der Waals surface area contributed by atoms with E-state index >= 15 is 0 Å². The van der Waals surface area contributed by atoms with Crippen LogP contribution in [-0.2, 0) is 27.6 Å². The molecule has 1 atom stereocenters. The van der Waals surface area contributed by atoms with Crippen molar-refractivity contribution >= 4 is 26.7 Å². The van der Waals surface area contributed by atoms with Crippen molar-refractivity contribution in [1.29, 1.82) is 0 Å². The lowest BCUT2D eigenvalue weighted by atomic mass is 9.99. The standard InChI is InChI=1S/C25H29NO5S/c1-17(2)19-6-9-24-23(12-19)20(15-31-24)13-25(27)26(21-10-11-32(28,29)16-21)14-18-4-7-22(30-3)8-5-18/h4-9,12,15,17,21H,10-11,13-14,16H2,1-3H3. The summed E-state index contributed by atoms with van der Waals surface area (Å²) in [6, 6.07) is 13.3. The monoisotopic (exact) mass is 455 g/mol. The van der Waals surface area contributed by atoms with Gasteiger partial charge >= 0.3 is 0 Å². The van der Waals surface area contributed by atoms with Crippen LogP contribution in [0.5, 0.6) is 5.75 Å². The second-order valence-corrected chi connectivity index (χ2v) is 11.0. The second kappa shape index (κ2) is 8.98. The lowest BCUT2D eigenvalue weighted by Crippen LogP contribution is -2.41. The topological polar surface area (TPSA) is 76.8 Å². The van der Waals surface area contributed by atoms with Gasteiger partial charge in [0.05, 0.1) is 31.3 Å². The Kier molecular flexibility index (Phi) is 6.29. The highest BCUT2D eigenvalue weighted by Gasteiger charge is 2.35. The van der Waals surface area contributed by atoms with Crippen LogP contribution in [0.15, 0.2) is 53.1 Å². The van der Waals surface area contributed by atoms with Gasteiger partial charge in [-0.15, -0.1) is 0 Å². The maximum atomic E-state index is 13.5. The summed E-state index contributed by atoms with van der Waals surface area (Å²) in [6.45, 7) is 4.61. The van der Waals surface area contributed by atoms with Crippen LogP contribution in [0.1, 0.15) is 42.9 Å². The van der Waals surface area contributed by atoms with Crippen LogP contribution in [0.4, 0.5) is 0 Å². The van der Waals surface area contributed by atoms with Crippen LogP contribution < -0.4 is 4.74 Å². The van der Waals surface area contributed by atoms with Crippen molar-refractivity contribution < 1.29 is 22.4 Å². The van der Waals surface area contributed by atoms with Gasteiger partial charge in [-0.25, -0.2) is 8.42 Å². The number of nitrogens with zero attached hydrogens (tertiary/aromatic N) is 1. The Hall–Kier alpha value is -2.80. The molecule has 0 bridgehead atoms. The van der Waals surface area contributed by atoms with E-state index in [1.54, 1.807) is 18.3 Å². The molecule has 0 saturated carbocycles. The first-order valence-electron chi connectivity index (χ1n) is 10.9.